The number of nitrogens with two attached hydrogens (primary N) is 1. The van der Waals surface area contributed by atoms with Crippen LogP contribution in [-0.4, -0.2) is 31.2 Å². The third kappa shape index (κ3) is 2.59. The fourth-order valence-electron chi connectivity index (χ4n) is 3.82. The highest BCUT2D eigenvalue weighted by molar-refractivity contribution is 5.86. The molecule has 2 aromatic carbocycles. The van der Waals surface area contributed by atoms with Crippen LogP contribution in [0.3, 0.4) is 0 Å². The third-order valence-corrected chi connectivity index (χ3v) is 5.08. The number of quaternary nitrogens is 1. The molecule has 6 nitrogen and oxygen atoms in total. The molecule has 1 aliphatic rings. The summed E-state index contributed by atoms with van der Waals surface area (Å²) in [6, 6.07) is 12.7. The summed E-state index contributed by atoms with van der Waals surface area (Å²) in [6.45, 7) is 0. The molecule has 134 valence electrons. The number of carboxylic acids is 1. The van der Waals surface area contributed by atoms with E-state index >= 15 is 0 Å². The zero-order chi connectivity index (χ0) is 18.3. The summed E-state index contributed by atoms with van der Waals surface area (Å²) in [5.74, 6) is 0.294. The highest BCUT2D eigenvalue weighted by Gasteiger charge is 2.36. The molecule has 3 aromatic rings. The van der Waals surface area contributed by atoms with Crippen LogP contribution in [0, 0.1) is 0 Å². The van der Waals surface area contributed by atoms with Crippen LogP contribution in [0.2, 0.25) is 0 Å². The van der Waals surface area contributed by atoms with Crippen molar-refractivity contribution in [3.63, 3.8) is 0 Å². The van der Waals surface area contributed by atoms with Gasteiger partial charge in [-0.1, -0.05) is 18.2 Å². The molecule has 0 saturated heterocycles. The average molecular weight is 352 g/mol. The topological polar surface area (TPSA) is 91.0 Å². The van der Waals surface area contributed by atoms with Crippen LogP contribution >= 0.6 is 0 Å². The molecule has 6 heteroatoms. The maximum atomic E-state index is 11.7. The standard InChI is InChI=1S/C20H20N2O4/c1-25-11-7-8-13(17(9-11)26-2)18-19-14(10-16(22-18)20(23)24)12-5-3-4-6-15(12)21-19/h3-9,16,18,21-22H,10H2,1-2H3,(H,23,24)/t16-,18+/m0/s1. The number of carbonyl (C=O) groups excluding carboxylic acids is 1. The monoisotopic (exact) mass is 352 g/mol. The Morgan fingerprint density at radius 1 is 1.19 bits per heavy atom. The third-order valence-electron chi connectivity index (χ3n) is 5.08. The molecule has 0 radical (unpaired) electrons. The lowest BCUT2D eigenvalue weighted by molar-refractivity contribution is -0.717. The Morgan fingerprint density at radius 2 is 2.00 bits per heavy atom. The van der Waals surface area contributed by atoms with Crippen molar-refractivity contribution in [2.45, 2.75) is 18.5 Å². The number of aromatic nitrogens is 1. The van der Waals surface area contributed by atoms with Crippen molar-refractivity contribution in [3.05, 3.63) is 59.3 Å². The largest absolute Gasteiger partial charge is 0.544 e. The number of H-pyrrole nitrogens is 1. The number of ether oxygens (including phenoxy) is 2. The van der Waals surface area contributed by atoms with Crippen molar-refractivity contribution >= 4 is 16.9 Å². The van der Waals surface area contributed by atoms with Crippen molar-refractivity contribution in [2.75, 3.05) is 14.2 Å². The van der Waals surface area contributed by atoms with E-state index in [2.05, 4.69) is 4.98 Å². The number of para-hydroxylation sites is 1. The fraction of sp³-hybridized carbons (Fsp3) is 0.250. The summed E-state index contributed by atoms with van der Waals surface area (Å²) in [5, 5.41) is 14.5. The molecule has 0 spiro atoms. The summed E-state index contributed by atoms with van der Waals surface area (Å²) >= 11 is 0. The van der Waals surface area contributed by atoms with Gasteiger partial charge in [0.1, 0.15) is 17.5 Å². The van der Waals surface area contributed by atoms with E-state index in [1.54, 1.807) is 14.2 Å². The van der Waals surface area contributed by atoms with Gasteiger partial charge in [-0.15, -0.1) is 0 Å². The van der Waals surface area contributed by atoms with Gasteiger partial charge in [-0.2, -0.15) is 0 Å². The zero-order valence-electron chi connectivity index (χ0n) is 14.6. The molecule has 3 N–H and O–H groups in total. The van der Waals surface area contributed by atoms with E-state index in [1.807, 2.05) is 47.8 Å². The van der Waals surface area contributed by atoms with E-state index in [0.29, 0.717) is 17.9 Å². The van der Waals surface area contributed by atoms with Crippen molar-refractivity contribution in [2.24, 2.45) is 0 Å². The van der Waals surface area contributed by atoms with Crippen LogP contribution in [0.25, 0.3) is 10.9 Å². The van der Waals surface area contributed by atoms with E-state index in [4.69, 9.17) is 9.47 Å². The van der Waals surface area contributed by atoms with Gasteiger partial charge in [0.2, 0.25) is 0 Å². The van der Waals surface area contributed by atoms with Crippen LogP contribution in [0.4, 0.5) is 0 Å². The quantitative estimate of drug-likeness (QED) is 0.716. The lowest BCUT2D eigenvalue weighted by atomic mass is 9.90. The fourth-order valence-corrected chi connectivity index (χ4v) is 3.82. The molecule has 1 aliphatic heterocycles. The molecule has 0 bridgehead atoms. The smallest absolute Gasteiger partial charge is 0.157 e. The van der Waals surface area contributed by atoms with Crippen molar-refractivity contribution in [3.8, 4) is 11.5 Å². The second-order valence-electron chi connectivity index (χ2n) is 6.47. The van der Waals surface area contributed by atoms with E-state index in [1.165, 1.54) is 0 Å². The Balaban J connectivity index is 1.90. The Hall–Kier alpha value is -2.99. The summed E-state index contributed by atoms with van der Waals surface area (Å²) < 4.78 is 10.8. The summed E-state index contributed by atoms with van der Waals surface area (Å²) in [7, 11) is 3.20. The van der Waals surface area contributed by atoms with Crippen molar-refractivity contribution in [1.29, 1.82) is 0 Å². The highest BCUT2D eigenvalue weighted by atomic mass is 16.5. The summed E-state index contributed by atoms with van der Waals surface area (Å²) in [5.41, 5.74) is 3.93. The van der Waals surface area contributed by atoms with Crippen molar-refractivity contribution in [1.82, 2.24) is 4.98 Å². The van der Waals surface area contributed by atoms with Gasteiger partial charge in [-0.25, -0.2) is 0 Å². The SMILES string of the molecule is COc1ccc([C@H]2[NH2+][C@H](C(=O)[O-])Cc3c2[nH]c2ccccc32)c(OC)c1. The first-order valence-electron chi connectivity index (χ1n) is 8.49. The van der Waals surface area contributed by atoms with E-state index in [-0.39, 0.29) is 6.04 Å². The minimum Gasteiger partial charge on any atom is -0.544 e. The predicted octanol–water partition coefficient (Wildman–Crippen LogP) is 0.513. The van der Waals surface area contributed by atoms with Gasteiger partial charge >= 0.3 is 0 Å². The molecule has 2 heterocycles. The predicted molar refractivity (Wildman–Crippen MR) is 94.1 cm³/mol. The molecule has 4 rings (SSSR count). The van der Waals surface area contributed by atoms with E-state index in [0.717, 1.165) is 27.7 Å². The Bertz CT molecular complexity index is 979. The Kier molecular flexibility index (Phi) is 4.05. The number of methoxy groups -OCH3 is 2. The number of carbonyl (C=O) groups is 1. The van der Waals surface area contributed by atoms with Gasteiger partial charge in [-0.05, 0) is 23.8 Å². The zero-order valence-corrected chi connectivity index (χ0v) is 14.6. The first kappa shape index (κ1) is 16.5. The lowest BCUT2D eigenvalue weighted by Gasteiger charge is -2.29. The number of hydrogen-bond acceptors (Lipinski definition) is 4. The van der Waals surface area contributed by atoms with Gasteiger partial charge in [-0.3, -0.25) is 0 Å². The van der Waals surface area contributed by atoms with Crippen LogP contribution in [-0.2, 0) is 11.2 Å². The van der Waals surface area contributed by atoms with Gasteiger partial charge in [0, 0.05) is 23.4 Å². The Morgan fingerprint density at radius 3 is 2.73 bits per heavy atom. The number of aliphatic carboxylic acids is 1. The molecule has 2 atom stereocenters. The Labute approximate surface area is 150 Å². The summed E-state index contributed by atoms with van der Waals surface area (Å²) in [6.07, 6.45) is 0.427. The number of benzene rings is 2. The molecular weight excluding hydrogens is 332 g/mol. The second-order valence-corrected chi connectivity index (χ2v) is 6.47. The number of carboxylic acid groups (broad SMARTS) is 1. The van der Waals surface area contributed by atoms with E-state index in [9.17, 15) is 9.90 Å². The van der Waals surface area contributed by atoms with Crippen LogP contribution in [0.5, 0.6) is 11.5 Å². The van der Waals surface area contributed by atoms with Gasteiger partial charge in [0.05, 0.1) is 31.4 Å². The van der Waals surface area contributed by atoms with Crippen LogP contribution in [0.1, 0.15) is 22.9 Å². The first-order valence-corrected chi connectivity index (χ1v) is 8.49. The van der Waals surface area contributed by atoms with E-state index < -0.39 is 12.0 Å². The molecule has 0 fully saturated rings. The number of hydrogen-bond donors (Lipinski definition) is 2. The molecule has 0 amide bonds. The molecule has 0 unspecified atom stereocenters. The maximum Gasteiger partial charge on any atom is 0.157 e. The van der Waals surface area contributed by atoms with Crippen LogP contribution < -0.4 is 19.9 Å². The normalized spacial score (nSPS) is 19.2. The minimum atomic E-state index is -1.06. The van der Waals surface area contributed by atoms with Gasteiger partial charge < -0.3 is 29.7 Å². The average Bonchev–Trinajstić information content (AvgIpc) is 3.05. The lowest BCUT2D eigenvalue weighted by Crippen LogP contribution is -2.95. The molecule has 26 heavy (non-hydrogen) atoms. The maximum absolute atomic E-state index is 11.7. The van der Waals surface area contributed by atoms with Crippen molar-refractivity contribution < 1.29 is 24.7 Å². The molecule has 0 saturated carbocycles. The van der Waals surface area contributed by atoms with Crippen LogP contribution in [0.15, 0.2) is 42.5 Å². The highest BCUT2D eigenvalue weighted by Crippen LogP contribution is 2.36. The molecule has 0 aliphatic carbocycles. The van der Waals surface area contributed by atoms with Gasteiger partial charge in [0.15, 0.2) is 6.04 Å². The second kappa shape index (κ2) is 6.38. The molecular formula is C20H20N2O4. The number of fused-ring (bicyclic) bond motifs is 3. The van der Waals surface area contributed by atoms with Gasteiger partial charge in [0.25, 0.3) is 0 Å². The number of rotatable bonds is 4. The first-order chi connectivity index (χ1) is 12.6. The number of nitrogens with one attached hydrogen (secondary N) is 1. The summed E-state index contributed by atoms with van der Waals surface area (Å²) in [4.78, 5) is 15.1. The number of aromatic amines is 1. The molecule has 1 aromatic heterocycles. The minimum absolute atomic E-state index is 0.227.